The van der Waals surface area contributed by atoms with E-state index in [1.807, 2.05) is 18.2 Å². The third kappa shape index (κ3) is 5.21. The summed E-state index contributed by atoms with van der Waals surface area (Å²) in [6.45, 7) is 1.74. The molecule has 1 aliphatic heterocycles. The van der Waals surface area contributed by atoms with Gasteiger partial charge in [-0.05, 0) is 54.7 Å². The van der Waals surface area contributed by atoms with Crippen LogP contribution in [0.2, 0.25) is 0 Å². The molecule has 1 aliphatic rings. The van der Waals surface area contributed by atoms with Gasteiger partial charge in [0.1, 0.15) is 19.0 Å². The molecule has 0 spiro atoms. The van der Waals surface area contributed by atoms with E-state index in [-0.39, 0.29) is 11.7 Å². The summed E-state index contributed by atoms with van der Waals surface area (Å²) in [6.07, 6.45) is 3.06. The number of amides is 1. The summed E-state index contributed by atoms with van der Waals surface area (Å²) in [5, 5.41) is 2.94. The lowest BCUT2D eigenvalue weighted by atomic mass is 10.1. The third-order valence-corrected chi connectivity index (χ3v) is 4.10. The van der Waals surface area contributed by atoms with Gasteiger partial charge in [-0.2, -0.15) is 0 Å². The largest absolute Gasteiger partial charge is 0.486 e. The Morgan fingerprint density at radius 3 is 2.48 bits per heavy atom. The molecule has 25 heavy (non-hydrogen) atoms. The molecule has 0 fully saturated rings. The van der Waals surface area contributed by atoms with E-state index in [9.17, 15) is 9.18 Å². The standard InChI is InChI=1S/C20H22FNO3/c21-17-7-4-15(5-8-17)3-1-2-10-22-20(23)14-16-6-9-18-19(13-16)25-12-11-24-18/h4-9,13H,1-3,10-12,14H2,(H,22,23). The first-order valence-electron chi connectivity index (χ1n) is 8.60. The van der Waals surface area contributed by atoms with E-state index < -0.39 is 0 Å². The van der Waals surface area contributed by atoms with E-state index in [0.29, 0.717) is 31.9 Å². The first kappa shape index (κ1) is 17.3. The van der Waals surface area contributed by atoms with Crippen LogP contribution in [0.15, 0.2) is 42.5 Å². The fraction of sp³-hybridized carbons (Fsp3) is 0.350. The van der Waals surface area contributed by atoms with Crippen molar-refractivity contribution in [2.45, 2.75) is 25.7 Å². The van der Waals surface area contributed by atoms with Crippen molar-refractivity contribution in [3.8, 4) is 11.5 Å². The van der Waals surface area contributed by atoms with Gasteiger partial charge in [0.05, 0.1) is 6.42 Å². The molecule has 3 rings (SSSR count). The zero-order valence-electron chi connectivity index (χ0n) is 14.1. The number of rotatable bonds is 7. The van der Waals surface area contributed by atoms with Crippen molar-refractivity contribution in [1.82, 2.24) is 5.32 Å². The van der Waals surface area contributed by atoms with Gasteiger partial charge in [0.25, 0.3) is 0 Å². The van der Waals surface area contributed by atoms with Crippen LogP contribution >= 0.6 is 0 Å². The van der Waals surface area contributed by atoms with Crippen LogP contribution in [0.1, 0.15) is 24.0 Å². The highest BCUT2D eigenvalue weighted by molar-refractivity contribution is 5.78. The maximum Gasteiger partial charge on any atom is 0.224 e. The maximum atomic E-state index is 12.8. The number of carbonyl (C=O) groups is 1. The second-order valence-corrected chi connectivity index (χ2v) is 6.09. The number of hydrogen-bond acceptors (Lipinski definition) is 3. The van der Waals surface area contributed by atoms with Crippen molar-refractivity contribution in [3.05, 3.63) is 59.4 Å². The number of carbonyl (C=O) groups excluding carboxylic acids is 1. The van der Waals surface area contributed by atoms with Gasteiger partial charge < -0.3 is 14.8 Å². The van der Waals surface area contributed by atoms with Gasteiger partial charge in [0.15, 0.2) is 11.5 Å². The van der Waals surface area contributed by atoms with Crippen LogP contribution in [0.3, 0.4) is 0 Å². The molecule has 0 radical (unpaired) electrons. The summed E-state index contributed by atoms with van der Waals surface area (Å²) in [5.41, 5.74) is 2.03. The molecule has 0 bridgehead atoms. The van der Waals surface area contributed by atoms with Crippen LogP contribution in [0, 0.1) is 5.82 Å². The first-order valence-corrected chi connectivity index (χ1v) is 8.60. The molecule has 4 nitrogen and oxygen atoms in total. The second-order valence-electron chi connectivity index (χ2n) is 6.09. The summed E-state index contributed by atoms with van der Waals surface area (Å²) in [7, 11) is 0. The first-order chi connectivity index (χ1) is 12.2. The van der Waals surface area contributed by atoms with Gasteiger partial charge in [0.2, 0.25) is 5.91 Å². The number of unbranched alkanes of at least 4 members (excludes halogenated alkanes) is 1. The highest BCUT2D eigenvalue weighted by Gasteiger charge is 2.13. The molecule has 0 aliphatic carbocycles. The SMILES string of the molecule is O=C(Cc1ccc2c(c1)OCCO2)NCCCCc1ccc(F)cc1. The van der Waals surface area contributed by atoms with Crippen molar-refractivity contribution in [3.63, 3.8) is 0 Å². The second kappa shape index (κ2) is 8.51. The highest BCUT2D eigenvalue weighted by Crippen LogP contribution is 2.30. The van der Waals surface area contributed by atoms with E-state index in [1.54, 1.807) is 12.1 Å². The van der Waals surface area contributed by atoms with Crippen molar-refractivity contribution in [2.24, 2.45) is 0 Å². The lowest BCUT2D eigenvalue weighted by Gasteiger charge is -2.18. The van der Waals surface area contributed by atoms with E-state index in [4.69, 9.17) is 9.47 Å². The number of hydrogen-bond donors (Lipinski definition) is 1. The number of nitrogens with one attached hydrogen (secondary N) is 1. The number of aryl methyl sites for hydroxylation is 1. The van der Waals surface area contributed by atoms with Gasteiger partial charge in [-0.3, -0.25) is 4.79 Å². The smallest absolute Gasteiger partial charge is 0.224 e. The molecular formula is C20H22FNO3. The zero-order chi connectivity index (χ0) is 17.5. The van der Waals surface area contributed by atoms with Gasteiger partial charge in [-0.25, -0.2) is 4.39 Å². The Balaban J connectivity index is 1.36. The number of fused-ring (bicyclic) bond motifs is 1. The molecule has 0 aromatic heterocycles. The Morgan fingerprint density at radius 1 is 0.960 bits per heavy atom. The van der Waals surface area contributed by atoms with Gasteiger partial charge >= 0.3 is 0 Å². The monoisotopic (exact) mass is 343 g/mol. The summed E-state index contributed by atoms with van der Waals surface area (Å²) in [6, 6.07) is 12.2. The Bertz CT molecular complexity index is 715. The molecular weight excluding hydrogens is 321 g/mol. The summed E-state index contributed by atoms with van der Waals surface area (Å²) in [5.74, 6) is 1.22. The molecule has 2 aromatic carbocycles. The Morgan fingerprint density at radius 2 is 1.68 bits per heavy atom. The molecule has 0 saturated carbocycles. The average Bonchev–Trinajstić information content (AvgIpc) is 2.63. The summed E-state index contributed by atoms with van der Waals surface area (Å²) < 4.78 is 23.8. The van der Waals surface area contributed by atoms with Gasteiger partial charge in [0, 0.05) is 6.54 Å². The summed E-state index contributed by atoms with van der Waals surface area (Å²) in [4.78, 5) is 12.0. The molecule has 0 saturated heterocycles. The van der Waals surface area contributed by atoms with Gasteiger partial charge in [-0.1, -0.05) is 18.2 Å². The highest BCUT2D eigenvalue weighted by atomic mass is 19.1. The molecule has 1 amide bonds. The molecule has 0 atom stereocenters. The average molecular weight is 343 g/mol. The maximum absolute atomic E-state index is 12.8. The minimum absolute atomic E-state index is 0.00143. The molecule has 1 heterocycles. The topological polar surface area (TPSA) is 47.6 Å². The number of ether oxygens (including phenoxy) is 2. The molecule has 2 aromatic rings. The van der Waals surface area contributed by atoms with Crippen LogP contribution in [0.4, 0.5) is 4.39 Å². The van der Waals surface area contributed by atoms with Crippen molar-refractivity contribution in [1.29, 1.82) is 0 Å². The van der Waals surface area contributed by atoms with E-state index in [0.717, 1.165) is 36.1 Å². The number of benzene rings is 2. The molecule has 132 valence electrons. The van der Waals surface area contributed by atoms with Crippen molar-refractivity contribution in [2.75, 3.05) is 19.8 Å². The minimum atomic E-state index is -0.213. The predicted octanol–water partition coefficient (Wildman–Crippen LogP) is 3.28. The van der Waals surface area contributed by atoms with E-state index in [2.05, 4.69) is 5.32 Å². The normalized spacial score (nSPS) is 12.7. The minimum Gasteiger partial charge on any atom is -0.486 e. The van der Waals surface area contributed by atoms with Crippen LogP contribution in [0.5, 0.6) is 11.5 Å². The fourth-order valence-corrected chi connectivity index (χ4v) is 2.78. The summed E-state index contributed by atoms with van der Waals surface area (Å²) >= 11 is 0. The van der Waals surface area contributed by atoms with Crippen LogP contribution in [0.25, 0.3) is 0 Å². The third-order valence-electron chi connectivity index (χ3n) is 4.10. The zero-order valence-corrected chi connectivity index (χ0v) is 14.1. The fourth-order valence-electron chi connectivity index (χ4n) is 2.78. The van der Waals surface area contributed by atoms with Crippen LogP contribution in [-0.2, 0) is 17.6 Å². The van der Waals surface area contributed by atoms with E-state index >= 15 is 0 Å². The van der Waals surface area contributed by atoms with Crippen molar-refractivity contribution < 1.29 is 18.7 Å². The van der Waals surface area contributed by atoms with Crippen LogP contribution in [-0.4, -0.2) is 25.7 Å². The number of halogens is 1. The van der Waals surface area contributed by atoms with E-state index in [1.165, 1.54) is 12.1 Å². The molecule has 0 unspecified atom stereocenters. The molecule has 5 heteroatoms. The molecule has 1 N–H and O–H groups in total. The Labute approximate surface area is 147 Å². The van der Waals surface area contributed by atoms with Crippen molar-refractivity contribution >= 4 is 5.91 Å². The Kier molecular flexibility index (Phi) is 5.88. The van der Waals surface area contributed by atoms with Crippen LogP contribution < -0.4 is 14.8 Å². The lowest BCUT2D eigenvalue weighted by Crippen LogP contribution is -2.26. The quantitative estimate of drug-likeness (QED) is 0.785. The van der Waals surface area contributed by atoms with Gasteiger partial charge in [-0.15, -0.1) is 0 Å². The lowest BCUT2D eigenvalue weighted by molar-refractivity contribution is -0.120. The predicted molar refractivity (Wildman–Crippen MR) is 93.5 cm³/mol. The Hall–Kier alpha value is -2.56.